The maximum Gasteiger partial charge on any atom is 0.293 e. The average molecular weight is 328 g/mol. The number of anilines is 1. The first-order valence-electron chi connectivity index (χ1n) is 7.10. The van der Waals surface area contributed by atoms with E-state index in [0.717, 1.165) is 31.7 Å². The van der Waals surface area contributed by atoms with E-state index in [1.807, 2.05) is 0 Å². The number of nitro groups is 1. The molecule has 0 bridgehead atoms. The highest BCUT2D eigenvalue weighted by Gasteiger charge is 2.27. The Bertz CT molecular complexity index is 656. The standard InChI is InChI=1S/C13H20N4O4S/c14-8-12(9-3-1-2-4-9)16-11-6-5-10(22(15,20)21)7-13(11)17(18)19/h5-7,9,12,16H,1-4,8,14H2,(H2,15,20,21). The van der Waals surface area contributed by atoms with Crippen molar-refractivity contribution >= 4 is 21.4 Å². The molecule has 1 unspecified atom stereocenters. The van der Waals surface area contributed by atoms with Crippen LogP contribution in [-0.4, -0.2) is 25.9 Å². The van der Waals surface area contributed by atoms with E-state index in [1.165, 1.54) is 12.1 Å². The van der Waals surface area contributed by atoms with Crippen LogP contribution in [0.5, 0.6) is 0 Å². The molecule has 0 radical (unpaired) electrons. The summed E-state index contributed by atoms with van der Waals surface area (Å²) in [5.74, 6) is 0.377. The van der Waals surface area contributed by atoms with E-state index in [-0.39, 0.29) is 22.3 Å². The number of rotatable bonds is 6. The predicted molar refractivity (Wildman–Crippen MR) is 82.9 cm³/mol. The largest absolute Gasteiger partial charge is 0.375 e. The smallest absolute Gasteiger partial charge is 0.293 e. The first-order valence-corrected chi connectivity index (χ1v) is 8.65. The Balaban J connectivity index is 2.31. The fourth-order valence-electron chi connectivity index (χ4n) is 2.89. The third kappa shape index (κ3) is 3.73. The number of hydrogen-bond acceptors (Lipinski definition) is 6. The summed E-state index contributed by atoms with van der Waals surface area (Å²) >= 11 is 0. The third-order valence-electron chi connectivity index (χ3n) is 4.06. The molecule has 0 heterocycles. The lowest BCUT2D eigenvalue weighted by Gasteiger charge is -2.24. The summed E-state index contributed by atoms with van der Waals surface area (Å²) in [6, 6.07) is 3.53. The van der Waals surface area contributed by atoms with Gasteiger partial charge in [0.15, 0.2) is 0 Å². The molecule has 1 aromatic carbocycles. The van der Waals surface area contributed by atoms with Gasteiger partial charge in [0, 0.05) is 18.7 Å². The molecular weight excluding hydrogens is 308 g/mol. The van der Waals surface area contributed by atoms with Crippen LogP contribution in [-0.2, 0) is 10.0 Å². The molecule has 8 nitrogen and oxygen atoms in total. The number of sulfonamides is 1. The first kappa shape index (κ1) is 16.7. The maximum atomic E-state index is 11.3. The van der Waals surface area contributed by atoms with Gasteiger partial charge in [-0.25, -0.2) is 13.6 Å². The molecule has 1 fully saturated rings. The Morgan fingerprint density at radius 2 is 2.00 bits per heavy atom. The van der Waals surface area contributed by atoms with E-state index in [0.29, 0.717) is 12.5 Å². The Hall–Kier alpha value is -1.71. The number of nitrogens with zero attached hydrogens (tertiary/aromatic N) is 1. The van der Waals surface area contributed by atoms with Crippen molar-refractivity contribution in [3.8, 4) is 0 Å². The highest BCUT2D eigenvalue weighted by atomic mass is 32.2. The minimum atomic E-state index is -3.98. The number of nitro benzene ring substituents is 1. The molecular formula is C13H20N4O4S. The predicted octanol–water partition coefficient (Wildman–Crippen LogP) is 1.17. The molecule has 1 atom stereocenters. The number of benzene rings is 1. The lowest BCUT2D eigenvalue weighted by atomic mass is 9.98. The van der Waals surface area contributed by atoms with Gasteiger partial charge in [-0.05, 0) is 30.9 Å². The van der Waals surface area contributed by atoms with Crippen LogP contribution in [0.25, 0.3) is 0 Å². The molecule has 0 spiro atoms. The van der Waals surface area contributed by atoms with E-state index < -0.39 is 14.9 Å². The van der Waals surface area contributed by atoms with Crippen molar-refractivity contribution in [1.29, 1.82) is 0 Å². The SMILES string of the molecule is NCC(Nc1ccc(S(N)(=O)=O)cc1[N+](=O)[O-])C1CCCC1. The van der Waals surface area contributed by atoms with Gasteiger partial charge in [-0.15, -0.1) is 0 Å². The van der Waals surface area contributed by atoms with E-state index >= 15 is 0 Å². The highest BCUT2D eigenvalue weighted by molar-refractivity contribution is 7.89. The van der Waals surface area contributed by atoms with Crippen LogP contribution in [0.15, 0.2) is 23.1 Å². The number of nitrogens with one attached hydrogen (secondary N) is 1. The van der Waals surface area contributed by atoms with Crippen LogP contribution < -0.4 is 16.2 Å². The summed E-state index contributed by atoms with van der Waals surface area (Å²) < 4.78 is 22.6. The van der Waals surface area contributed by atoms with E-state index in [4.69, 9.17) is 10.9 Å². The van der Waals surface area contributed by atoms with Crippen LogP contribution in [0.2, 0.25) is 0 Å². The summed E-state index contributed by atoms with van der Waals surface area (Å²) in [6.45, 7) is 0.360. The normalized spacial score (nSPS) is 17.4. The van der Waals surface area contributed by atoms with Crippen LogP contribution in [0.3, 0.4) is 0 Å². The molecule has 1 aromatic rings. The topological polar surface area (TPSA) is 141 Å². The van der Waals surface area contributed by atoms with E-state index in [9.17, 15) is 18.5 Å². The summed E-state index contributed by atoms with van der Waals surface area (Å²) in [6.07, 6.45) is 4.35. The Morgan fingerprint density at radius 3 is 2.50 bits per heavy atom. The Morgan fingerprint density at radius 1 is 1.36 bits per heavy atom. The van der Waals surface area contributed by atoms with Crippen LogP contribution in [0.1, 0.15) is 25.7 Å². The number of primary sulfonamides is 1. The minimum absolute atomic E-state index is 0.0680. The molecule has 122 valence electrons. The van der Waals surface area contributed by atoms with Crippen LogP contribution in [0, 0.1) is 16.0 Å². The van der Waals surface area contributed by atoms with Gasteiger partial charge in [0.2, 0.25) is 10.0 Å². The van der Waals surface area contributed by atoms with Gasteiger partial charge in [-0.3, -0.25) is 10.1 Å². The second kappa shape index (κ2) is 6.59. The highest BCUT2D eigenvalue weighted by Crippen LogP contribution is 2.32. The molecule has 1 aliphatic carbocycles. The van der Waals surface area contributed by atoms with Gasteiger partial charge in [0.25, 0.3) is 5.69 Å². The molecule has 2 rings (SSSR count). The summed E-state index contributed by atoms with van der Waals surface area (Å²) in [4.78, 5) is 10.3. The van der Waals surface area contributed by atoms with Crippen LogP contribution in [0.4, 0.5) is 11.4 Å². The fourth-order valence-corrected chi connectivity index (χ4v) is 3.42. The van der Waals surface area contributed by atoms with Crippen molar-refractivity contribution in [3.63, 3.8) is 0 Å². The lowest BCUT2D eigenvalue weighted by molar-refractivity contribution is -0.384. The molecule has 9 heteroatoms. The molecule has 0 aliphatic heterocycles. The molecule has 1 saturated carbocycles. The van der Waals surface area contributed by atoms with Crippen molar-refractivity contribution in [3.05, 3.63) is 28.3 Å². The third-order valence-corrected chi connectivity index (χ3v) is 4.97. The van der Waals surface area contributed by atoms with E-state index in [2.05, 4.69) is 5.32 Å². The molecule has 0 saturated heterocycles. The number of hydrogen-bond donors (Lipinski definition) is 3. The van der Waals surface area contributed by atoms with Crippen molar-refractivity contribution in [2.75, 3.05) is 11.9 Å². The van der Waals surface area contributed by atoms with Gasteiger partial charge in [0.05, 0.1) is 9.82 Å². The summed E-state index contributed by atoms with van der Waals surface area (Å²) in [5, 5.41) is 19.3. The molecule has 0 amide bonds. The minimum Gasteiger partial charge on any atom is -0.375 e. The van der Waals surface area contributed by atoms with E-state index in [1.54, 1.807) is 0 Å². The van der Waals surface area contributed by atoms with Crippen molar-refractivity contribution in [2.45, 2.75) is 36.6 Å². The summed E-state index contributed by atoms with van der Waals surface area (Å²) in [7, 11) is -3.98. The van der Waals surface area contributed by atoms with Crippen molar-refractivity contribution in [2.24, 2.45) is 16.8 Å². The molecule has 1 aliphatic rings. The zero-order valence-electron chi connectivity index (χ0n) is 12.1. The maximum absolute atomic E-state index is 11.3. The zero-order chi connectivity index (χ0) is 16.3. The molecule has 0 aromatic heterocycles. The van der Waals surface area contributed by atoms with Gasteiger partial charge in [-0.1, -0.05) is 12.8 Å². The van der Waals surface area contributed by atoms with Gasteiger partial charge in [-0.2, -0.15) is 0 Å². The molecule has 22 heavy (non-hydrogen) atoms. The van der Waals surface area contributed by atoms with Gasteiger partial charge >= 0.3 is 0 Å². The first-order chi connectivity index (χ1) is 10.3. The van der Waals surface area contributed by atoms with Crippen molar-refractivity contribution < 1.29 is 13.3 Å². The van der Waals surface area contributed by atoms with Gasteiger partial charge in [0.1, 0.15) is 5.69 Å². The average Bonchev–Trinajstić information content (AvgIpc) is 2.97. The second-order valence-corrected chi connectivity index (χ2v) is 7.07. The lowest BCUT2D eigenvalue weighted by Crippen LogP contribution is -2.35. The summed E-state index contributed by atoms with van der Waals surface area (Å²) in [5.41, 5.74) is 5.72. The number of nitrogens with two attached hydrogens (primary N) is 2. The van der Waals surface area contributed by atoms with Crippen LogP contribution >= 0.6 is 0 Å². The van der Waals surface area contributed by atoms with Gasteiger partial charge < -0.3 is 11.1 Å². The molecule has 5 N–H and O–H groups in total. The second-order valence-electron chi connectivity index (χ2n) is 5.51. The quantitative estimate of drug-likeness (QED) is 0.528. The Kier molecular flexibility index (Phi) is 4.99. The Labute approximate surface area is 129 Å². The zero-order valence-corrected chi connectivity index (χ0v) is 12.9. The van der Waals surface area contributed by atoms with Crippen molar-refractivity contribution in [1.82, 2.24) is 0 Å². The monoisotopic (exact) mass is 328 g/mol. The fraction of sp³-hybridized carbons (Fsp3) is 0.538.